The maximum Gasteiger partial charge on any atom is 0.0183 e. The number of hydrogen-bond acceptors (Lipinski definition) is 1. The number of rotatable bonds is 2. The Morgan fingerprint density at radius 3 is 2.59 bits per heavy atom. The molecule has 1 heteroatoms. The van der Waals surface area contributed by atoms with Gasteiger partial charge in [-0.3, -0.25) is 0 Å². The fourth-order valence-electron chi connectivity index (χ4n) is 4.23. The second-order valence-electron chi connectivity index (χ2n) is 6.91. The first-order chi connectivity index (χ1) is 8.14. The van der Waals surface area contributed by atoms with Gasteiger partial charge in [-0.05, 0) is 49.9 Å². The van der Waals surface area contributed by atoms with E-state index in [-0.39, 0.29) is 5.54 Å². The second-order valence-corrected chi connectivity index (χ2v) is 6.91. The molecule has 2 fully saturated rings. The van der Waals surface area contributed by atoms with Gasteiger partial charge in [0.15, 0.2) is 0 Å². The minimum atomic E-state index is 0.193. The maximum absolute atomic E-state index is 6.81. The molecule has 0 aliphatic heterocycles. The summed E-state index contributed by atoms with van der Waals surface area (Å²) in [5, 5.41) is 0. The van der Waals surface area contributed by atoms with Crippen LogP contribution in [-0.4, -0.2) is 5.54 Å². The Hall–Kier alpha value is -0.0400. The zero-order chi connectivity index (χ0) is 12.3. The zero-order valence-corrected chi connectivity index (χ0v) is 11.9. The second kappa shape index (κ2) is 5.73. The number of nitrogens with two attached hydrogens (primary N) is 1. The van der Waals surface area contributed by atoms with Crippen LogP contribution >= 0.6 is 0 Å². The lowest BCUT2D eigenvalue weighted by molar-refractivity contribution is 0.153. The molecule has 2 N–H and O–H groups in total. The highest BCUT2D eigenvalue weighted by molar-refractivity contribution is 4.95. The van der Waals surface area contributed by atoms with E-state index in [0.29, 0.717) is 0 Å². The molecule has 4 atom stereocenters. The lowest BCUT2D eigenvalue weighted by atomic mass is 9.69. The van der Waals surface area contributed by atoms with Gasteiger partial charge in [-0.25, -0.2) is 0 Å². The van der Waals surface area contributed by atoms with Crippen molar-refractivity contribution < 1.29 is 0 Å². The molecule has 2 aliphatic rings. The van der Waals surface area contributed by atoms with Crippen molar-refractivity contribution in [3.05, 3.63) is 0 Å². The van der Waals surface area contributed by atoms with Crippen molar-refractivity contribution in [2.45, 2.75) is 83.6 Å². The summed E-state index contributed by atoms with van der Waals surface area (Å²) in [6.07, 6.45) is 13.8. The van der Waals surface area contributed by atoms with E-state index >= 15 is 0 Å². The maximum atomic E-state index is 6.81. The third-order valence-electron chi connectivity index (χ3n) is 5.60. The molecule has 0 heterocycles. The predicted octanol–water partition coefficient (Wildman–Crippen LogP) is 4.50. The third-order valence-corrected chi connectivity index (χ3v) is 5.60. The lowest BCUT2D eigenvalue weighted by Crippen LogP contribution is -2.48. The van der Waals surface area contributed by atoms with Crippen LogP contribution in [0.1, 0.15) is 78.1 Å². The molecule has 0 aromatic heterocycles. The summed E-state index contributed by atoms with van der Waals surface area (Å²) in [6.45, 7) is 4.76. The van der Waals surface area contributed by atoms with E-state index in [2.05, 4.69) is 13.8 Å². The van der Waals surface area contributed by atoms with Crippen molar-refractivity contribution >= 4 is 0 Å². The van der Waals surface area contributed by atoms with Gasteiger partial charge in [-0.2, -0.15) is 0 Å². The molecule has 100 valence electrons. The molecule has 17 heavy (non-hydrogen) atoms. The fraction of sp³-hybridized carbons (Fsp3) is 1.00. The lowest BCUT2D eigenvalue weighted by Gasteiger charge is -2.41. The topological polar surface area (TPSA) is 26.0 Å². The van der Waals surface area contributed by atoms with Gasteiger partial charge in [0.1, 0.15) is 0 Å². The molecule has 1 nitrogen and oxygen atoms in total. The van der Waals surface area contributed by atoms with E-state index in [9.17, 15) is 0 Å². The van der Waals surface area contributed by atoms with E-state index in [0.717, 1.165) is 17.8 Å². The van der Waals surface area contributed by atoms with E-state index in [1.165, 1.54) is 64.2 Å². The van der Waals surface area contributed by atoms with Gasteiger partial charge in [0.25, 0.3) is 0 Å². The first-order valence-electron chi connectivity index (χ1n) is 7.93. The Morgan fingerprint density at radius 1 is 1.06 bits per heavy atom. The minimum Gasteiger partial charge on any atom is -0.325 e. The van der Waals surface area contributed by atoms with Crippen LogP contribution in [0.4, 0.5) is 0 Å². The van der Waals surface area contributed by atoms with E-state index in [1.807, 2.05) is 0 Å². The molecule has 0 radical (unpaired) electrons. The summed E-state index contributed by atoms with van der Waals surface area (Å²) in [4.78, 5) is 0. The highest BCUT2D eigenvalue weighted by Crippen LogP contribution is 2.42. The van der Waals surface area contributed by atoms with E-state index < -0.39 is 0 Å². The summed E-state index contributed by atoms with van der Waals surface area (Å²) in [6, 6.07) is 0. The van der Waals surface area contributed by atoms with Crippen molar-refractivity contribution in [1.29, 1.82) is 0 Å². The van der Waals surface area contributed by atoms with Gasteiger partial charge < -0.3 is 5.73 Å². The molecule has 0 bridgehead atoms. The van der Waals surface area contributed by atoms with Crippen LogP contribution in [0.15, 0.2) is 0 Å². The Morgan fingerprint density at radius 2 is 1.88 bits per heavy atom. The summed E-state index contributed by atoms with van der Waals surface area (Å²) >= 11 is 0. The highest BCUT2D eigenvalue weighted by atomic mass is 14.8. The smallest absolute Gasteiger partial charge is 0.0183 e. The Balaban J connectivity index is 1.97. The molecule has 0 saturated heterocycles. The predicted molar refractivity (Wildman–Crippen MR) is 74.9 cm³/mol. The van der Waals surface area contributed by atoms with Gasteiger partial charge in [-0.15, -0.1) is 0 Å². The molecule has 0 aromatic rings. The number of hydrogen-bond donors (Lipinski definition) is 1. The molecule has 0 amide bonds. The van der Waals surface area contributed by atoms with Crippen LogP contribution in [0.5, 0.6) is 0 Å². The van der Waals surface area contributed by atoms with Crippen LogP contribution < -0.4 is 5.73 Å². The standard InChI is InChI=1S/C16H31N/c1-3-14-7-5-10-16(17,11-9-14)15-8-4-6-13(2)12-15/h13-15H,3-12,17H2,1-2H3. The molecule has 2 aliphatic carbocycles. The fourth-order valence-corrected chi connectivity index (χ4v) is 4.23. The summed E-state index contributed by atoms with van der Waals surface area (Å²) in [5.41, 5.74) is 7.01. The molecule has 4 unspecified atom stereocenters. The zero-order valence-electron chi connectivity index (χ0n) is 11.9. The van der Waals surface area contributed by atoms with Crippen LogP contribution in [0.2, 0.25) is 0 Å². The summed E-state index contributed by atoms with van der Waals surface area (Å²) < 4.78 is 0. The quantitative estimate of drug-likeness (QED) is 0.703. The van der Waals surface area contributed by atoms with Crippen LogP contribution in [-0.2, 0) is 0 Å². The Labute approximate surface area is 108 Å². The minimum absolute atomic E-state index is 0.193. The highest BCUT2D eigenvalue weighted by Gasteiger charge is 2.38. The average Bonchev–Trinajstić information content (AvgIpc) is 2.52. The first-order valence-corrected chi connectivity index (χ1v) is 7.93. The molecule has 0 spiro atoms. The third kappa shape index (κ3) is 3.24. The average molecular weight is 237 g/mol. The largest absolute Gasteiger partial charge is 0.325 e. The van der Waals surface area contributed by atoms with Crippen LogP contribution in [0.25, 0.3) is 0 Å². The van der Waals surface area contributed by atoms with Gasteiger partial charge in [0, 0.05) is 5.54 Å². The van der Waals surface area contributed by atoms with Crippen molar-refractivity contribution in [1.82, 2.24) is 0 Å². The monoisotopic (exact) mass is 237 g/mol. The van der Waals surface area contributed by atoms with E-state index in [1.54, 1.807) is 0 Å². The molecular formula is C16H31N. The molecular weight excluding hydrogens is 206 g/mol. The van der Waals surface area contributed by atoms with Crippen molar-refractivity contribution in [2.24, 2.45) is 23.5 Å². The van der Waals surface area contributed by atoms with Gasteiger partial charge >= 0.3 is 0 Å². The molecule has 2 rings (SSSR count). The van der Waals surface area contributed by atoms with Crippen molar-refractivity contribution in [2.75, 3.05) is 0 Å². The van der Waals surface area contributed by atoms with Gasteiger partial charge in [0.05, 0.1) is 0 Å². The Kier molecular flexibility index (Phi) is 4.52. The SMILES string of the molecule is CCC1CCCC(N)(C2CCCC(C)C2)CC1. The van der Waals surface area contributed by atoms with Crippen LogP contribution in [0, 0.1) is 17.8 Å². The Bertz CT molecular complexity index is 238. The summed E-state index contributed by atoms with van der Waals surface area (Å²) in [5.74, 6) is 2.70. The van der Waals surface area contributed by atoms with E-state index in [4.69, 9.17) is 5.73 Å². The van der Waals surface area contributed by atoms with Crippen LogP contribution in [0.3, 0.4) is 0 Å². The first kappa shape index (κ1) is 13.4. The van der Waals surface area contributed by atoms with Crippen molar-refractivity contribution in [3.63, 3.8) is 0 Å². The molecule has 0 aromatic carbocycles. The van der Waals surface area contributed by atoms with Crippen molar-refractivity contribution in [3.8, 4) is 0 Å². The molecule has 2 saturated carbocycles. The summed E-state index contributed by atoms with van der Waals surface area (Å²) in [7, 11) is 0. The normalized spacial score (nSPS) is 44.3. The van der Waals surface area contributed by atoms with Gasteiger partial charge in [-0.1, -0.05) is 46.0 Å². The van der Waals surface area contributed by atoms with Gasteiger partial charge in [0.2, 0.25) is 0 Å².